The molecule has 0 bridgehead atoms. The van der Waals surface area contributed by atoms with E-state index in [1.807, 2.05) is 0 Å². The molecule has 0 N–H and O–H groups in total. The monoisotopic (exact) mass is 107 g/mol. The number of hydrogen-bond acceptors (Lipinski definition) is 3. The Morgan fingerprint density at radius 2 is 1.33 bits per heavy atom. The van der Waals surface area contributed by atoms with Gasteiger partial charge >= 0.3 is 52.6 Å². The van der Waals surface area contributed by atoms with Gasteiger partial charge in [0.15, 0.2) is 0 Å². The van der Waals surface area contributed by atoms with E-state index < -0.39 is 6.16 Å². The van der Waals surface area contributed by atoms with Gasteiger partial charge in [-0.25, -0.2) is 0 Å². The van der Waals surface area contributed by atoms with Crippen molar-refractivity contribution in [1.82, 2.24) is 0 Å². The number of hydrogen-bond donors (Lipinski definition) is 0. The van der Waals surface area contributed by atoms with Crippen LogP contribution in [0.15, 0.2) is 0 Å². The van der Waals surface area contributed by atoms with Crippen molar-refractivity contribution < 1.29 is 44.6 Å². The maximum absolute atomic E-state index is 8.33. The van der Waals surface area contributed by atoms with Gasteiger partial charge in [0.05, 0.1) is 0 Å². The molecule has 0 amide bonds. The van der Waals surface area contributed by atoms with Gasteiger partial charge in [0, 0.05) is 0 Å². The smallest absolute Gasteiger partial charge is 0.652 e. The summed E-state index contributed by atoms with van der Waals surface area (Å²) in [5.41, 5.74) is 0. The molecule has 0 aliphatic rings. The summed E-state index contributed by atoms with van der Waals surface area (Å²) in [7, 11) is 0. The summed E-state index contributed by atoms with van der Waals surface area (Å²) in [5.74, 6) is 0. The molecule has 5 heteroatoms. The number of carbonyl (C=O) groups is 1. The van der Waals surface area contributed by atoms with Crippen LogP contribution in [0.3, 0.4) is 0 Å². The van der Waals surface area contributed by atoms with Crippen molar-refractivity contribution >= 4 is 29.2 Å². The number of carbonyl (C=O) groups excluding carboxylic acids is 1. The molecular weight excluding hydrogens is 107 g/mol. The van der Waals surface area contributed by atoms with Crippen molar-refractivity contribution in [3.63, 3.8) is 0 Å². The van der Waals surface area contributed by atoms with E-state index in [1.54, 1.807) is 0 Å². The van der Waals surface area contributed by atoms with Gasteiger partial charge in [-0.3, -0.25) is 0 Å². The maximum Gasteiger partial charge on any atom is 2.00 e. The van der Waals surface area contributed by atoms with Gasteiger partial charge < -0.3 is 15.0 Å². The Hall–Kier alpha value is 1.04. The second-order valence-electron chi connectivity index (χ2n) is 0.250. The second-order valence-corrected chi connectivity index (χ2v) is 0.250. The number of carboxylic acid groups (broad SMARTS) is 2. The normalized spacial score (nSPS) is 4.00. The Labute approximate surface area is 73.2 Å². The van der Waals surface area contributed by atoms with Crippen LogP contribution in [0.4, 0.5) is 4.79 Å². The predicted octanol–water partition coefficient (Wildman–Crippen LogP) is -5.82. The molecule has 0 saturated heterocycles. The van der Waals surface area contributed by atoms with Gasteiger partial charge in [-0.1, -0.05) is 0 Å². The fourth-order valence-electron chi connectivity index (χ4n) is 0. The number of rotatable bonds is 0. The van der Waals surface area contributed by atoms with Gasteiger partial charge in [-0.2, -0.15) is 0 Å². The molecule has 0 aromatic rings. The first-order chi connectivity index (χ1) is 1.73. The standard InChI is InChI=1S/CH2O3.Mg.Na/c2-1(3)4;;/h(H2,2,3,4);;/q;+2;+1/p-2. The van der Waals surface area contributed by atoms with Crippen LogP contribution in [0.1, 0.15) is 0 Å². The van der Waals surface area contributed by atoms with Gasteiger partial charge in [-0.15, -0.1) is 0 Å². The summed E-state index contributed by atoms with van der Waals surface area (Å²) >= 11 is 0. The van der Waals surface area contributed by atoms with E-state index in [2.05, 4.69) is 0 Å². The van der Waals surface area contributed by atoms with Crippen LogP contribution < -0.4 is 39.8 Å². The quantitative estimate of drug-likeness (QED) is 0.290. The Balaban J connectivity index is -0.0000000450. The summed E-state index contributed by atoms with van der Waals surface area (Å²) in [5, 5.41) is 16.7. The van der Waals surface area contributed by atoms with E-state index in [9.17, 15) is 0 Å². The fourth-order valence-corrected chi connectivity index (χ4v) is 0. The minimum atomic E-state index is -2.33. The molecule has 0 saturated carbocycles. The maximum atomic E-state index is 8.33. The Morgan fingerprint density at radius 1 is 1.33 bits per heavy atom. The van der Waals surface area contributed by atoms with E-state index in [0.29, 0.717) is 0 Å². The van der Waals surface area contributed by atoms with Crippen molar-refractivity contribution in [2.75, 3.05) is 0 Å². The van der Waals surface area contributed by atoms with Crippen LogP contribution in [0.25, 0.3) is 0 Å². The van der Waals surface area contributed by atoms with Crippen LogP contribution in [0.2, 0.25) is 0 Å². The van der Waals surface area contributed by atoms with Crippen molar-refractivity contribution in [3.05, 3.63) is 0 Å². The van der Waals surface area contributed by atoms with Crippen molar-refractivity contribution in [2.24, 2.45) is 0 Å². The van der Waals surface area contributed by atoms with Crippen LogP contribution in [0.5, 0.6) is 0 Å². The zero-order chi connectivity index (χ0) is 3.58. The summed E-state index contributed by atoms with van der Waals surface area (Å²) in [4.78, 5) is 8.33. The SMILES string of the molecule is O=C([O-])[O-].[Mg+2].[Na+]. The molecule has 0 atom stereocenters. The average Bonchev–Trinajstić information content (AvgIpc) is 0.811. The third kappa shape index (κ3) is 76.4. The third-order valence-electron chi connectivity index (χ3n) is 0. The molecule has 0 aromatic heterocycles. The average molecular weight is 107 g/mol. The zero-order valence-corrected chi connectivity index (χ0v) is 6.85. The van der Waals surface area contributed by atoms with Gasteiger partial charge in [0.2, 0.25) is 0 Å². The van der Waals surface area contributed by atoms with Crippen LogP contribution in [0, 0.1) is 0 Å². The Morgan fingerprint density at radius 3 is 1.33 bits per heavy atom. The van der Waals surface area contributed by atoms with E-state index in [-0.39, 0.29) is 52.6 Å². The van der Waals surface area contributed by atoms with Crippen molar-refractivity contribution in [2.45, 2.75) is 0 Å². The topological polar surface area (TPSA) is 63.2 Å². The summed E-state index contributed by atoms with van der Waals surface area (Å²) < 4.78 is 0. The molecule has 0 heterocycles. The third-order valence-corrected chi connectivity index (χ3v) is 0. The van der Waals surface area contributed by atoms with Crippen LogP contribution in [-0.4, -0.2) is 29.2 Å². The molecule has 3 nitrogen and oxygen atoms in total. The van der Waals surface area contributed by atoms with Gasteiger partial charge in [0.1, 0.15) is 0 Å². The largest absolute Gasteiger partial charge is 2.00 e. The summed E-state index contributed by atoms with van der Waals surface area (Å²) in [6.45, 7) is 0. The minimum Gasteiger partial charge on any atom is -0.652 e. The van der Waals surface area contributed by atoms with E-state index in [0.717, 1.165) is 0 Å². The molecular formula is CMgNaO3+. The minimum absolute atomic E-state index is 0. The summed E-state index contributed by atoms with van der Waals surface area (Å²) in [6, 6.07) is 0. The molecule has 0 aliphatic carbocycles. The van der Waals surface area contributed by atoms with Gasteiger partial charge in [-0.05, 0) is 6.16 Å². The van der Waals surface area contributed by atoms with Crippen LogP contribution in [-0.2, 0) is 0 Å². The predicted molar refractivity (Wildman–Crippen MR) is 11.1 cm³/mol. The Bertz CT molecular complexity index is 33.8. The molecule has 0 rings (SSSR count). The second kappa shape index (κ2) is 9.40. The molecule has 0 unspecified atom stereocenters. The first kappa shape index (κ1) is 15.7. The molecule has 6 heavy (non-hydrogen) atoms. The van der Waals surface area contributed by atoms with Crippen molar-refractivity contribution in [1.29, 1.82) is 0 Å². The van der Waals surface area contributed by atoms with E-state index >= 15 is 0 Å². The first-order valence-electron chi connectivity index (χ1n) is 0.612. The molecule has 0 fully saturated rings. The molecule has 0 radical (unpaired) electrons. The van der Waals surface area contributed by atoms with E-state index in [1.165, 1.54) is 0 Å². The van der Waals surface area contributed by atoms with E-state index in [4.69, 9.17) is 15.0 Å². The Kier molecular flexibility index (Phi) is 24.6. The zero-order valence-electron chi connectivity index (χ0n) is 3.43. The molecule has 0 aromatic carbocycles. The fraction of sp³-hybridized carbons (Fsp3) is 0. The molecule has 0 aliphatic heterocycles. The molecule has 0 spiro atoms. The first-order valence-corrected chi connectivity index (χ1v) is 0.612. The van der Waals surface area contributed by atoms with Crippen molar-refractivity contribution in [3.8, 4) is 0 Å². The van der Waals surface area contributed by atoms with Crippen LogP contribution >= 0.6 is 0 Å². The molecule has 24 valence electrons. The summed E-state index contributed by atoms with van der Waals surface area (Å²) in [6.07, 6.45) is -2.33. The van der Waals surface area contributed by atoms with Gasteiger partial charge in [0.25, 0.3) is 0 Å².